The van der Waals surface area contributed by atoms with Crippen molar-refractivity contribution in [3.63, 3.8) is 0 Å². The van der Waals surface area contributed by atoms with E-state index in [1.165, 1.54) is 132 Å². The fourth-order valence-electron chi connectivity index (χ4n) is 10.9. The fraction of sp³-hybridized carbons (Fsp3) is 0.725. The van der Waals surface area contributed by atoms with Gasteiger partial charge in [-0.3, -0.25) is 14.6 Å². The molecule has 1 aliphatic rings. The molecule has 1 aliphatic heterocycles. The summed E-state index contributed by atoms with van der Waals surface area (Å²) in [6.45, 7) is 37.8. The van der Waals surface area contributed by atoms with Crippen LogP contribution in [-0.4, -0.2) is 121 Å². The van der Waals surface area contributed by atoms with Crippen LogP contribution in [0.15, 0.2) is 91.0 Å². The summed E-state index contributed by atoms with van der Waals surface area (Å²) in [6.07, 6.45) is 27.2. The van der Waals surface area contributed by atoms with Crippen LogP contribution in [-0.2, 0) is 23.1 Å². The number of rotatable bonds is 42. The first-order valence-electron chi connectivity index (χ1n) is 32.3. The van der Waals surface area contributed by atoms with Crippen molar-refractivity contribution in [3.8, 4) is 0 Å². The van der Waals surface area contributed by atoms with Gasteiger partial charge in [0.2, 0.25) is 0 Å². The van der Waals surface area contributed by atoms with Crippen LogP contribution >= 0.6 is 11.8 Å². The molecular weight excluding hydrogens is 1020 g/mol. The standard InChI is InChI=1S/C69H119N3O4SSi2/c1-13-15-17-19-21-23-25-36-47-64(75-78(9,10)67(3,4)5)59-72(60-65(76-79(11,12)68(6,7)8)48-37-26-24-22-20-18-16-14-2)51-40-49-66(73)74-57-56-71-54-52-70(53-55-71)50-38-39-58-77-69(61-41-30-27-31-42-61,62-43-32-28-33-44-62)63-45-34-29-35-46-63/h27-35,41-46,64-65H,13-26,36-40,47-60H2,1-12H3. The summed E-state index contributed by atoms with van der Waals surface area (Å²) < 4.78 is 20.5. The van der Waals surface area contributed by atoms with E-state index in [0.717, 1.165) is 83.9 Å². The summed E-state index contributed by atoms with van der Waals surface area (Å²) in [7, 11) is -4.06. The van der Waals surface area contributed by atoms with Gasteiger partial charge in [-0.2, -0.15) is 0 Å². The molecule has 1 heterocycles. The average Bonchev–Trinajstić information content (AvgIpc) is 3.57. The van der Waals surface area contributed by atoms with E-state index in [4.69, 9.17) is 13.6 Å². The lowest BCUT2D eigenvalue weighted by atomic mass is 9.84. The van der Waals surface area contributed by atoms with Crippen molar-refractivity contribution in [1.82, 2.24) is 14.7 Å². The minimum atomic E-state index is -2.03. The third kappa shape index (κ3) is 25.6. The molecule has 0 saturated carbocycles. The number of benzene rings is 3. The van der Waals surface area contributed by atoms with Gasteiger partial charge in [0.05, 0.1) is 17.0 Å². The fourth-order valence-corrected chi connectivity index (χ4v) is 15.2. The maximum Gasteiger partial charge on any atom is 0.305 e. The Morgan fingerprint density at radius 1 is 0.519 bits per heavy atom. The van der Waals surface area contributed by atoms with E-state index in [0.29, 0.717) is 13.0 Å². The average molecular weight is 1140 g/mol. The summed E-state index contributed by atoms with van der Waals surface area (Å²) >= 11 is 2.07. The lowest BCUT2D eigenvalue weighted by Crippen LogP contribution is -2.50. The Morgan fingerprint density at radius 2 is 0.899 bits per heavy atom. The van der Waals surface area contributed by atoms with Crippen LogP contribution in [0, 0.1) is 0 Å². The number of esters is 1. The Hall–Kier alpha value is -2.29. The van der Waals surface area contributed by atoms with Crippen LogP contribution in [0.3, 0.4) is 0 Å². The molecule has 2 unspecified atom stereocenters. The van der Waals surface area contributed by atoms with E-state index in [9.17, 15) is 4.79 Å². The molecule has 7 nitrogen and oxygen atoms in total. The lowest BCUT2D eigenvalue weighted by Gasteiger charge is -2.42. The molecule has 0 aliphatic carbocycles. The van der Waals surface area contributed by atoms with Crippen molar-refractivity contribution in [3.05, 3.63) is 108 Å². The summed E-state index contributed by atoms with van der Waals surface area (Å²) in [5.41, 5.74) is 3.99. The molecule has 0 N–H and O–H groups in total. The van der Waals surface area contributed by atoms with Gasteiger partial charge in [0, 0.05) is 52.2 Å². The molecule has 3 aromatic rings. The topological polar surface area (TPSA) is 54.5 Å². The molecule has 448 valence electrons. The molecule has 4 rings (SSSR count). The zero-order valence-electron chi connectivity index (χ0n) is 53.0. The summed E-state index contributed by atoms with van der Waals surface area (Å²) in [4.78, 5) is 21.3. The quantitative estimate of drug-likeness (QED) is 0.0241. The first kappa shape index (κ1) is 69.2. The number of hydrogen-bond acceptors (Lipinski definition) is 8. The van der Waals surface area contributed by atoms with Gasteiger partial charge in [0.1, 0.15) is 6.61 Å². The second kappa shape index (κ2) is 37.1. The number of piperazine rings is 1. The van der Waals surface area contributed by atoms with E-state index in [1.54, 1.807) is 0 Å². The van der Waals surface area contributed by atoms with E-state index in [-0.39, 0.29) is 33.0 Å². The summed E-state index contributed by atoms with van der Waals surface area (Å²) in [5, 5.41) is 0.280. The number of carbonyl (C=O) groups excluding carboxylic acids is 1. The van der Waals surface area contributed by atoms with Gasteiger partial charge in [-0.15, -0.1) is 11.8 Å². The number of unbranched alkanes of at least 4 members (excludes halogenated alkanes) is 15. The highest BCUT2D eigenvalue weighted by Gasteiger charge is 2.42. The molecule has 0 bridgehead atoms. The SMILES string of the molecule is CCCCCCCCCCC(CN(CCCC(=O)OCCN1CCN(CCCCSC(c2ccccc2)(c2ccccc2)c2ccccc2)CC1)CC(CCCCCCCCCC)O[Si](C)(C)C(C)(C)C)O[Si](C)(C)C(C)(C)C. The Morgan fingerprint density at radius 3 is 1.29 bits per heavy atom. The normalized spacial score (nSPS) is 15.2. The Bertz CT molecular complexity index is 1850. The number of ether oxygens (including phenoxy) is 1. The van der Waals surface area contributed by atoms with Gasteiger partial charge in [-0.05, 0) is 104 Å². The van der Waals surface area contributed by atoms with Crippen molar-refractivity contribution in [2.75, 3.05) is 71.3 Å². The highest BCUT2D eigenvalue weighted by Crippen LogP contribution is 2.49. The van der Waals surface area contributed by atoms with Gasteiger partial charge in [-0.25, -0.2) is 0 Å². The van der Waals surface area contributed by atoms with Gasteiger partial charge < -0.3 is 18.5 Å². The predicted molar refractivity (Wildman–Crippen MR) is 349 cm³/mol. The van der Waals surface area contributed by atoms with E-state index in [1.807, 2.05) is 0 Å². The van der Waals surface area contributed by atoms with Crippen molar-refractivity contribution < 1.29 is 18.4 Å². The highest BCUT2D eigenvalue weighted by atomic mass is 32.2. The number of thioether (sulfide) groups is 1. The minimum absolute atomic E-state index is 0.0618. The third-order valence-electron chi connectivity index (χ3n) is 17.9. The van der Waals surface area contributed by atoms with Crippen LogP contribution in [0.25, 0.3) is 0 Å². The van der Waals surface area contributed by atoms with Crippen LogP contribution in [0.1, 0.15) is 213 Å². The summed E-state index contributed by atoms with van der Waals surface area (Å²) in [5.74, 6) is 1.02. The van der Waals surface area contributed by atoms with Crippen molar-refractivity contribution >= 4 is 34.4 Å². The van der Waals surface area contributed by atoms with Crippen molar-refractivity contribution in [2.24, 2.45) is 0 Å². The van der Waals surface area contributed by atoms with Crippen LogP contribution in [0.5, 0.6) is 0 Å². The molecule has 1 saturated heterocycles. The van der Waals surface area contributed by atoms with Gasteiger partial charge >= 0.3 is 5.97 Å². The van der Waals surface area contributed by atoms with Crippen molar-refractivity contribution in [1.29, 1.82) is 0 Å². The van der Waals surface area contributed by atoms with E-state index < -0.39 is 16.6 Å². The van der Waals surface area contributed by atoms with Gasteiger partial charge in [-0.1, -0.05) is 249 Å². The Balaban J connectivity index is 1.31. The van der Waals surface area contributed by atoms with E-state index >= 15 is 0 Å². The first-order chi connectivity index (χ1) is 37.8. The lowest BCUT2D eigenvalue weighted by molar-refractivity contribution is -0.144. The number of carbonyl (C=O) groups is 1. The van der Waals surface area contributed by atoms with Crippen LogP contribution in [0.2, 0.25) is 36.3 Å². The Kier molecular flexibility index (Phi) is 32.5. The van der Waals surface area contributed by atoms with Gasteiger partial charge in [0.15, 0.2) is 16.6 Å². The largest absolute Gasteiger partial charge is 0.464 e. The maximum atomic E-state index is 13.5. The second-order valence-corrected chi connectivity index (χ2v) is 37.5. The molecule has 0 aromatic heterocycles. The van der Waals surface area contributed by atoms with E-state index in [2.05, 4.69) is 199 Å². The molecule has 0 radical (unpaired) electrons. The van der Waals surface area contributed by atoms with Gasteiger partial charge in [0.25, 0.3) is 0 Å². The minimum Gasteiger partial charge on any atom is -0.464 e. The molecular formula is C69H119N3O4SSi2. The summed E-state index contributed by atoms with van der Waals surface area (Å²) in [6, 6.07) is 33.2. The number of hydrogen-bond donors (Lipinski definition) is 0. The Labute approximate surface area is 493 Å². The van der Waals surface area contributed by atoms with Crippen LogP contribution < -0.4 is 0 Å². The monoisotopic (exact) mass is 1140 g/mol. The highest BCUT2D eigenvalue weighted by molar-refractivity contribution is 8.00. The maximum absolute atomic E-state index is 13.5. The molecule has 0 spiro atoms. The molecule has 3 aromatic carbocycles. The third-order valence-corrected chi connectivity index (χ3v) is 28.6. The second-order valence-electron chi connectivity index (χ2n) is 26.6. The number of nitrogens with zero attached hydrogens (tertiary/aromatic N) is 3. The predicted octanol–water partition coefficient (Wildman–Crippen LogP) is 18.6. The zero-order chi connectivity index (χ0) is 57.5. The molecule has 1 fully saturated rings. The molecule has 10 heteroatoms. The molecule has 0 amide bonds. The first-order valence-corrected chi connectivity index (χ1v) is 39.1. The molecule has 79 heavy (non-hydrogen) atoms. The molecule has 2 atom stereocenters. The van der Waals surface area contributed by atoms with Crippen LogP contribution in [0.4, 0.5) is 0 Å². The van der Waals surface area contributed by atoms with Crippen molar-refractivity contribution in [2.45, 2.75) is 250 Å². The smallest absolute Gasteiger partial charge is 0.305 e. The zero-order valence-corrected chi connectivity index (χ0v) is 55.8.